The molecule has 1 aliphatic heterocycles. The number of ether oxygens (including phenoxy) is 1. The molecule has 5 nitrogen and oxygen atoms in total. The van der Waals surface area contributed by atoms with Crippen LogP contribution in [0, 0.1) is 0 Å². The van der Waals surface area contributed by atoms with Gasteiger partial charge < -0.3 is 4.74 Å². The zero-order valence-corrected chi connectivity index (χ0v) is 15.9. The molecule has 24 heavy (non-hydrogen) atoms. The van der Waals surface area contributed by atoms with E-state index in [2.05, 4.69) is 4.98 Å². The van der Waals surface area contributed by atoms with E-state index < -0.39 is 14.6 Å². The van der Waals surface area contributed by atoms with Gasteiger partial charge in [-0.25, -0.2) is 13.4 Å². The Morgan fingerprint density at radius 3 is 2.50 bits per heavy atom. The molecule has 0 N–H and O–H groups in total. The van der Waals surface area contributed by atoms with Gasteiger partial charge in [0.1, 0.15) is 10.9 Å². The summed E-state index contributed by atoms with van der Waals surface area (Å²) in [6, 6.07) is 6.68. The van der Waals surface area contributed by atoms with Crippen LogP contribution >= 0.6 is 23.1 Å². The number of carbonyl (C=O) groups excluding carboxylic acids is 1. The number of sulfone groups is 1. The number of thioether (sulfide) groups is 1. The molecule has 3 unspecified atom stereocenters. The fourth-order valence-electron chi connectivity index (χ4n) is 2.99. The quantitative estimate of drug-likeness (QED) is 0.755. The second kappa shape index (κ2) is 6.16. The number of hydrogen-bond acceptors (Lipinski definition) is 7. The first-order valence-corrected chi connectivity index (χ1v) is 10.9. The molecule has 8 heteroatoms. The molecule has 0 amide bonds. The molecule has 1 aromatic heterocycles. The number of thiazole rings is 1. The number of esters is 1. The van der Waals surface area contributed by atoms with E-state index in [1.807, 2.05) is 19.2 Å². The maximum Gasteiger partial charge on any atom is 0.323 e. The molecular weight excluding hydrogens is 366 g/mol. The molecule has 0 bridgehead atoms. The van der Waals surface area contributed by atoms with Crippen molar-refractivity contribution in [2.24, 2.45) is 0 Å². The Hall–Kier alpha value is -1.38. The van der Waals surface area contributed by atoms with Crippen LogP contribution in [0.3, 0.4) is 0 Å². The van der Waals surface area contributed by atoms with Gasteiger partial charge in [0.2, 0.25) is 0 Å². The van der Waals surface area contributed by atoms with Crippen LogP contribution in [0.25, 0.3) is 0 Å². The van der Waals surface area contributed by atoms with E-state index in [0.717, 1.165) is 9.90 Å². The maximum absolute atomic E-state index is 12.5. The molecule has 1 saturated heterocycles. The summed E-state index contributed by atoms with van der Waals surface area (Å²) >= 11 is 2.88. The van der Waals surface area contributed by atoms with E-state index in [-0.39, 0.29) is 22.9 Å². The van der Waals surface area contributed by atoms with E-state index in [0.29, 0.717) is 0 Å². The first kappa shape index (κ1) is 17.4. The number of rotatable bonds is 4. The highest BCUT2D eigenvalue weighted by Crippen LogP contribution is 2.51. The van der Waals surface area contributed by atoms with Gasteiger partial charge in [-0.15, -0.1) is 11.3 Å². The lowest BCUT2D eigenvalue weighted by atomic mass is 9.85. The fraction of sp³-hybridized carbons (Fsp3) is 0.375. The summed E-state index contributed by atoms with van der Waals surface area (Å²) < 4.78 is 28.8. The maximum atomic E-state index is 12.5. The zero-order valence-electron chi connectivity index (χ0n) is 13.4. The van der Waals surface area contributed by atoms with Crippen LogP contribution in [0.15, 0.2) is 45.1 Å². The van der Waals surface area contributed by atoms with Crippen LogP contribution in [0.2, 0.25) is 0 Å². The van der Waals surface area contributed by atoms with E-state index in [9.17, 15) is 13.2 Å². The number of cyclic esters (lactones) is 1. The number of hydrogen-bond donors (Lipinski definition) is 0. The van der Waals surface area contributed by atoms with Crippen LogP contribution in [-0.4, -0.2) is 36.5 Å². The summed E-state index contributed by atoms with van der Waals surface area (Å²) in [5, 5.41) is 1.87. The molecule has 3 atom stereocenters. The summed E-state index contributed by atoms with van der Waals surface area (Å²) in [4.78, 5) is 17.0. The van der Waals surface area contributed by atoms with Gasteiger partial charge in [0.05, 0.1) is 4.90 Å². The Kier molecular flexibility index (Phi) is 4.48. The lowest BCUT2D eigenvalue weighted by molar-refractivity contribution is -0.142. The van der Waals surface area contributed by atoms with Crippen LogP contribution in [-0.2, 0) is 19.4 Å². The molecular formula is C16H17NO4S3. The Morgan fingerprint density at radius 2 is 1.96 bits per heavy atom. The van der Waals surface area contributed by atoms with E-state index >= 15 is 0 Å². The monoisotopic (exact) mass is 383 g/mol. The molecule has 3 rings (SSSR count). The molecule has 1 fully saturated rings. The molecule has 2 heterocycles. The predicted octanol–water partition coefficient (Wildman–Crippen LogP) is 3.13. The largest absolute Gasteiger partial charge is 0.461 e. The van der Waals surface area contributed by atoms with Crippen molar-refractivity contribution in [2.45, 2.75) is 39.9 Å². The first-order chi connectivity index (χ1) is 11.2. The second-order valence-corrected chi connectivity index (χ2v) is 10.5. The van der Waals surface area contributed by atoms with Gasteiger partial charge in [-0.05, 0) is 31.5 Å². The van der Waals surface area contributed by atoms with Crippen LogP contribution in [0.5, 0.6) is 0 Å². The van der Waals surface area contributed by atoms with Crippen molar-refractivity contribution >= 4 is 38.9 Å². The summed E-state index contributed by atoms with van der Waals surface area (Å²) in [5.41, 5.74) is 0.882. The van der Waals surface area contributed by atoms with Crippen molar-refractivity contribution in [3.05, 3.63) is 41.4 Å². The van der Waals surface area contributed by atoms with Crippen molar-refractivity contribution < 1.29 is 17.9 Å². The average molecular weight is 384 g/mol. The number of aromatic nitrogens is 1. The molecule has 128 valence electrons. The first-order valence-electron chi connectivity index (χ1n) is 7.31. The predicted molar refractivity (Wildman–Crippen MR) is 94.2 cm³/mol. The number of nitrogens with zero attached hydrogens (tertiary/aromatic N) is 1. The third-order valence-electron chi connectivity index (χ3n) is 4.14. The molecule has 0 spiro atoms. The van der Waals surface area contributed by atoms with Crippen molar-refractivity contribution in [2.75, 3.05) is 6.26 Å². The minimum atomic E-state index is -3.25. The fourth-order valence-corrected chi connectivity index (χ4v) is 5.92. The molecule has 0 aliphatic carbocycles. The number of benzene rings is 1. The van der Waals surface area contributed by atoms with Gasteiger partial charge in [-0.1, -0.05) is 23.9 Å². The van der Waals surface area contributed by atoms with Gasteiger partial charge in [-0.3, -0.25) is 4.79 Å². The molecule has 1 aromatic carbocycles. The summed E-state index contributed by atoms with van der Waals surface area (Å²) in [7, 11) is -3.25. The summed E-state index contributed by atoms with van der Waals surface area (Å²) in [6.45, 7) is 3.72. The molecule has 0 radical (unpaired) electrons. The van der Waals surface area contributed by atoms with Crippen molar-refractivity contribution in [1.29, 1.82) is 0 Å². The average Bonchev–Trinajstić information content (AvgIpc) is 3.06. The zero-order chi connectivity index (χ0) is 17.5. The van der Waals surface area contributed by atoms with E-state index in [4.69, 9.17) is 4.74 Å². The molecule has 0 saturated carbocycles. The van der Waals surface area contributed by atoms with Gasteiger partial charge in [0.25, 0.3) is 0 Å². The lowest BCUT2D eigenvalue weighted by Crippen LogP contribution is -2.33. The third kappa shape index (κ3) is 3.10. The highest BCUT2D eigenvalue weighted by Gasteiger charge is 2.54. The molecule has 1 aliphatic rings. The van der Waals surface area contributed by atoms with Crippen LogP contribution < -0.4 is 0 Å². The Balaban J connectivity index is 1.98. The van der Waals surface area contributed by atoms with Gasteiger partial charge in [-0.2, -0.15) is 0 Å². The Bertz CT molecular complexity index is 846. The standard InChI is InChI=1S/C16H17NO4S3/c1-10-13(11-4-6-12(7-5-11)24(3,19)20)16(2,14(18)21-10)23-15-17-8-9-22-15/h4-10,13H,1-3H3. The Labute approximate surface area is 149 Å². The smallest absolute Gasteiger partial charge is 0.323 e. The van der Waals surface area contributed by atoms with Gasteiger partial charge >= 0.3 is 5.97 Å². The minimum Gasteiger partial charge on any atom is -0.461 e. The van der Waals surface area contributed by atoms with Crippen molar-refractivity contribution in [1.82, 2.24) is 4.98 Å². The van der Waals surface area contributed by atoms with Gasteiger partial charge in [0.15, 0.2) is 14.2 Å². The van der Waals surface area contributed by atoms with E-state index in [1.165, 1.54) is 29.4 Å². The van der Waals surface area contributed by atoms with E-state index in [1.54, 1.807) is 30.5 Å². The highest BCUT2D eigenvalue weighted by molar-refractivity contribution is 8.03. The normalized spacial score (nSPS) is 27.2. The van der Waals surface area contributed by atoms with Crippen molar-refractivity contribution in [3.8, 4) is 0 Å². The van der Waals surface area contributed by atoms with Crippen molar-refractivity contribution in [3.63, 3.8) is 0 Å². The topological polar surface area (TPSA) is 73.3 Å². The third-order valence-corrected chi connectivity index (χ3v) is 7.49. The molecule has 2 aromatic rings. The SMILES string of the molecule is CC1OC(=O)C(C)(Sc2nccs2)C1c1ccc(S(C)(=O)=O)cc1. The number of carbonyl (C=O) groups is 1. The highest BCUT2D eigenvalue weighted by atomic mass is 32.2. The summed E-state index contributed by atoms with van der Waals surface area (Å²) in [5.74, 6) is -0.458. The minimum absolute atomic E-state index is 0.187. The Morgan fingerprint density at radius 1 is 1.29 bits per heavy atom. The van der Waals surface area contributed by atoms with Crippen LogP contribution in [0.4, 0.5) is 0 Å². The van der Waals surface area contributed by atoms with Crippen LogP contribution in [0.1, 0.15) is 25.3 Å². The van der Waals surface area contributed by atoms with Gasteiger partial charge in [0, 0.05) is 23.8 Å². The lowest BCUT2D eigenvalue weighted by Gasteiger charge is -2.27. The summed E-state index contributed by atoms with van der Waals surface area (Å²) in [6.07, 6.45) is 2.59. The second-order valence-electron chi connectivity index (χ2n) is 5.94.